The van der Waals surface area contributed by atoms with Crippen molar-refractivity contribution in [1.29, 1.82) is 0 Å². The Morgan fingerprint density at radius 3 is 2.44 bits per heavy atom. The molecule has 0 atom stereocenters. The minimum Gasteiger partial charge on any atom is -0.330 e. The van der Waals surface area contributed by atoms with E-state index in [1.54, 1.807) is 0 Å². The van der Waals surface area contributed by atoms with Crippen molar-refractivity contribution in [3.63, 3.8) is 0 Å². The summed E-state index contributed by atoms with van der Waals surface area (Å²) < 4.78 is 0. The zero-order valence-corrected chi connectivity index (χ0v) is 10.6. The summed E-state index contributed by atoms with van der Waals surface area (Å²) in [6.07, 6.45) is 10.0. The fourth-order valence-corrected chi connectivity index (χ4v) is 3.16. The molecule has 94 valence electrons. The molecule has 1 fully saturated rings. The van der Waals surface area contributed by atoms with Gasteiger partial charge in [0.2, 0.25) is 0 Å². The number of nitrogens with zero attached hydrogens (tertiary/aromatic N) is 2. The average Bonchev–Trinajstić information content (AvgIpc) is 2.47. The van der Waals surface area contributed by atoms with Gasteiger partial charge < -0.3 is 5.73 Å². The topological polar surface area (TPSA) is 51.8 Å². The van der Waals surface area contributed by atoms with Gasteiger partial charge in [0, 0.05) is 22.7 Å². The van der Waals surface area contributed by atoms with E-state index < -0.39 is 0 Å². The van der Waals surface area contributed by atoms with Gasteiger partial charge in [-0.2, -0.15) is 10.2 Å². The minimum atomic E-state index is 0.190. The van der Waals surface area contributed by atoms with Gasteiger partial charge in [-0.15, -0.1) is 0 Å². The van der Waals surface area contributed by atoms with Gasteiger partial charge in [0.1, 0.15) is 0 Å². The van der Waals surface area contributed by atoms with Gasteiger partial charge in [-0.05, 0) is 24.5 Å². The molecule has 0 aliphatic heterocycles. The Hall–Kier alpha value is -1.48. The molecule has 2 aromatic rings. The number of hydrogen-bond acceptors (Lipinski definition) is 3. The molecular formula is C15H19N3. The molecule has 18 heavy (non-hydrogen) atoms. The van der Waals surface area contributed by atoms with Crippen LogP contribution in [0.1, 0.15) is 37.7 Å². The number of aromatic nitrogens is 2. The van der Waals surface area contributed by atoms with Crippen molar-refractivity contribution in [3.8, 4) is 0 Å². The van der Waals surface area contributed by atoms with Crippen molar-refractivity contribution in [2.24, 2.45) is 5.73 Å². The van der Waals surface area contributed by atoms with E-state index in [9.17, 15) is 0 Å². The molecule has 1 aliphatic rings. The standard InChI is InChI=1S/C15H19N3/c16-11-15(6-2-1-3-7-15)14-5-4-12-9-17-18-10-13(12)8-14/h4-5,8-10H,1-3,6-7,11,16H2. The number of rotatable bonds is 2. The maximum absolute atomic E-state index is 6.09. The molecule has 1 saturated carbocycles. The Morgan fingerprint density at radius 2 is 1.72 bits per heavy atom. The van der Waals surface area contributed by atoms with E-state index in [0.29, 0.717) is 0 Å². The minimum absolute atomic E-state index is 0.190. The SMILES string of the molecule is NCC1(c2ccc3cnncc3c2)CCCCC1. The third-order valence-electron chi connectivity index (χ3n) is 4.36. The van der Waals surface area contributed by atoms with Gasteiger partial charge in [0.25, 0.3) is 0 Å². The number of benzene rings is 1. The first kappa shape index (κ1) is 11.6. The second-order valence-electron chi connectivity index (χ2n) is 5.38. The van der Waals surface area contributed by atoms with Crippen LogP contribution in [-0.4, -0.2) is 16.7 Å². The molecule has 3 rings (SSSR count). The summed E-state index contributed by atoms with van der Waals surface area (Å²) in [5.41, 5.74) is 7.66. The van der Waals surface area contributed by atoms with Gasteiger partial charge >= 0.3 is 0 Å². The summed E-state index contributed by atoms with van der Waals surface area (Å²) in [6.45, 7) is 0.747. The highest BCUT2D eigenvalue weighted by atomic mass is 15.1. The lowest BCUT2D eigenvalue weighted by Crippen LogP contribution is -2.37. The van der Waals surface area contributed by atoms with Crippen LogP contribution in [0.25, 0.3) is 10.8 Å². The third-order valence-corrected chi connectivity index (χ3v) is 4.36. The highest BCUT2D eigenvalue weighted by Gasteiger charge is 2.32. The van der Waals surface area contributed by atoms with Crippen LogP contribution in [0.4, 0.5) is 0 Å². The molecular weight excluding hydrogens is 222 g/mol. The van der Waals surface area contributed by atoms with Crippen molar-refractivity contribution >= 4 is 10.8 Å². The largest absolute Gasteiger partial charge is 0.330 e. The summed E-state index contributed by atoms with van der Waals surface area (Å²) in [7, 11) is 0. The molecule has 1 aliphatic carbocycles. The molecule has 0 bridgehead atoms. The van der Waals surface area contributed by atoms with Crippen molar-refractivity contribution in [3.05, 3.63) is 36.2 Å². The number of fused-ring (bicyclic) bond motifs is 1. The number of nitrogens with two attached hydrogens (primary N) is 1. The Kier molecular flexibility index (Phi) is 3.00. The van der Waals surface area contributed by atoms with Crippen LogP contribution in [0, 0.1) is 0 Å². The molecule has 0 spiro atoms. The first-order valence-corrected chi connectivity index (χ1v) is 6.75. The molecule has 2 N–H and O–H groups in total. The van der Waals surface area contributed by atoms with E-state index >= 15 is 0 Å². The molecule has 0 radical (unpaired) electrons. The molecule has 3 nitrogen and oxygen atoms in total. The maximum atomic E-state index is 6.09. The predicted octanol–water partition coefficient (Wildman–Crippen LogP) is 2.79. The lowest BCUT2D eigenvalue weighted by atomic mass is 9.69. The molecule has 1 aromatic carbocycles. The summed E-state index contributed by atoms with van der Waals surface area (Å²) in [4.78, 5) is 0. The van der Waals surface area contributed by atoms with E-state index in [2.05, 4.69) is 28.4 Å². The van der Waals surface area contributed by atoms with Gasteiger partial charge in [0.15, 0.2) is 0 Å². The van der Waals surface area contributed by atoms with Gasteiger partial charge in [-0.3, -0.25) is 0 Å². The Balaban J connectivity index is 2.06. The smallest absolute Gasteiger partial charge is 0.0574 e. The first-order valence-electron chi connectivity index (χ1n) is 6.75. The second-order valence-corrected chi connectivity index (χ2v) is 5.38. The van der Waals surface area contributed by atoms with Gasteiger partial charge in [-0.1, -0.05) is 31.4 Å². The Labute approximate surface area is 107 Å². The van der Waals surface area contributed by atoms with E-state index in [1.165, 1.54) is 43.1 Å². The van der Waals surface area contributed by atoms with Gasteiger partial charge in [-0.25, -0.2) is 0 Å². The predicted molar refractivity (Wildman–Crippen MR) is 73.4 cm³/mol. The Morgan fingerprint density at radius 1 is 1.00 bits per heavy atom. The highest BCUT2D eigenvalue weighted by molar-refractivity contribution is 5.81. The lowest BCUT2D eigenvalue weighted by molar-refractivity contribution is 0.301. The van der Waals surface area contributed by atoms with Crippen LogP contribution in [0.3, 0.4) is 0 Å². The lowest BCUT2D eigenvalue weighted by Gasteiger charge is -2.37. The molecule has 1 heterocycles. The summed E-state index contributed by atoms with van der Waals surface area (Å²) in [5.74, 6) is 0. The monoisotopic (exact) mass is 241 g/mol. The normalized spacial score (nSPS) is 18.9. The van der Waals surface area contributed by atoms with Crippen LogP contribution in [0.15, 0.2) is 30.6 Å². The van der Waals surface area contributed by atoms with Gasteiger partial charge in [0.05, 0.1) is 12.4 Å². The van der Waals surface area contributed by atoms with Crippen molar-refractivity contribution in [1.82, 2.24) is 10.2 Å². The summed E-state index contributed by atoms with van der Waals surface area (Å²) in [5, 5.41) is 10.2. The second kappa shape index (κ2) is 4.65. The molecule has 0 unspecified atom stereocenters. The van der Waals surface area contributed by atoms with Crippen LogP contribution >= 0.6 is 0 Å². The summed E-state index contributed by atoms with van der Waals surface area (Å²) in [6, 6.07) is 6.62. The zero-order valence-electron chi connectivity index (χ0n) is 10.6. The van der Waals surface area contributed by atoms with Crippen LogP contribution in [-0.2, 0) is 5.41 Å². The molecule has 1 aromatic heterocycles. The van der Waals surface area contributed by atoms with Crippen molar-refractivity contribution in [2.75, 3.05) is 6.54 Å². The van der Waals surface area contributed by atoms with E-state index in [1.807, 2.05) is 12.4 Å². The fraction of sp³-hybridized carbons (Fsp3) is 0.467. The van der Waals surface area contributed by atoms with E-state index in [4.69, 9.17) is 5.73 Å². The molecule has 0 amide bonds. The van der Waals surface area contributed by atoms with Crippen molar-refractivity contribution in [2.45, 2.75) is 37.5 Å². The van der Waals surface area contributed by atoms with Crippen molar-refractivity contribution < 1.29 is 0 Å². The third kappa shape index (κ3) is 1.89. The van der Waals surface area contributed by atoms with Crippen LogP contribution < -0.4 is 5.73 Å². The molecule has 0 saturated heterocycles. The average molecular weight is 241 g/mol. The first-order chi connectivity index (χ1) is 8.84. The van der Waals surface area contributed by atoms with E-state index in [-0.39, 0.29) is 5.41 Å². The van der Waals surface area contributed by atoms with Crippen LogP contribution in [0.5, 0.6) is 0 Å². The Bertz CT molecular complexity index is 544. The maximum Gasteiger partial charge on any atom is 0.0574 e. The molecule has 3 heteroatoms. The van der Waals surface area contributed by atoms with Crippen LogP contribution in [0.2, 0.25) is 0 Å². The van der Waals surface area contributed by atoms with E-state index in [0.717, 1.165) is 11.9 Å². The highest BCUT2D eigenvalue weighted by Crippen LogP contribution is 2.39. The summed E-state index contributed by atoms with van der Waals surface area (Å²) >= 11 is 0. The number of hydrogen-bond donors (Lipinski definition) is 1. The fourth-order valence-electron chi connectivity index (χ4n) is 3.16. The quantitative estimate of drug-likeness (QED) is 0.879. The zero-order chi connectivity index (χ0) is 12.4.